The van der Waals surface area contributed by atoms with Crippen LogP contribution in [0.3, 0.4) is 0 Å². The van der Waals surface area contributed by atoms with Gasteiger partial charge in [0, 0.05) is 49.6 Å². The number of fused-ring (bicyclic) bond motifs is 14. The Balaban J connectivity index is 1.08. The van der Waals surface area contributed by atoms with Gasteiger partial charge in [-0.3, -0.25) is 0 Å². The second-order valence-corrected chi connectivity index (χ2v) is 22.4. The highest BCUT2D eigenvalue weighted by Gasteiger charge is 2.53. The van der Waals surface area contributed by atoms with Gasteiger partial charge in [-0.1, -0.05) is 185 Å². The Morgan fingerprint density at radius 1 is 0.366 bits per heavy atom. The van der Waals surface area contributed by atoms with Crippen molar-refractivity contribution in [3.8, 4) is 11.5 Å². The van der Waals surface area contributed by atoms with Crippen LogP contribution in [0.15, 0.2) is 186 Å². The number of hydrogen-bond donors (Lipinski definition) is 0. The Hall–Kier alpha value is -7.28. The van der Waals surface area contributed by atoms with E-state index in [0.29, 0.717) is 17.8 Å². The van der Waals surface area contributed by atoms with E-state index in [9.17, 15) is 0 Å². The molecule has 0 unspecified atom stereocenters. The summed E-state index contributed by atoms with van der Waals surface area (Å²) in [6.07, 6.45) is 0. The third kappa shape index (κ3) is 5.63. The minimum Gasteiger partial charge on any atom is -0.453 e. The summed E-state index contributed by atoms with van der Waals surface area (Å²) in [5.74, 6) is 2.92. The van der Waals surface area contributed by atoms with Crippen LogP contribution in [0.4, 0.5) is 51.2 Å². The van der Waals surface area contributed by atoms with Crippen LogP contribution >= 0.6 is 11.8 Å². The lowest BCUT2D eigenvalue weighted by atomic mass is 9.28. The maximum atomic E-state index is 6.82. The molecule has 0 N–H and O–H groups in total. The van der Waals surface area contributed by atoms with Gasteiger partial charge in [-0.25, -0.2) is 0 Å². The second-order valence-electron chi connectivity index (χ2n) is 21.3. The molecule has 0 amide bonds. The van der Waals surface area contributed by atoms with Gasteiger partial charge >= 0.3 is 0 Å². The molecular formula is C63H50B3N3OS. The first-order chi connectivity index (χ1) is 34.7. The molecule has 4 nitrogen and oxygen atoms in total. The predicted octanol–water partition coefficient (Wildman–Crippen LogP) is 10.8. The molecule has 0 aromatic heterocycles. The van der Waals surface area contributed by atoms with Gasteiger partial charge in [0.2, 0.25) is 6.71 Å². The normalized spacial score (nSPS) is 14.6. The third-order valence-electron chi connectivity index (χ3n) is 16.4. The van der Waals surface area contributed by atoms with E-state index < -0.39 is 0 Å². The first-order valence-corrected chi connectivity index (χ1v) is 26.4. The molecule has 0 saturated heterocycles. The number of ether oxygens (including phenoxy) is 1. The van der Waals surface area contributed by atoms with Crippen LogP contribution in [0.2, 0.25) is 0 Å². The molecule has 0 fully saturated rings. The lowest BCUT2D eigenvalue weighted by molar-refractivity contribution is 0.477. The van der Waals surface area contributed by atoms with Crippen molar-refractivity contribution in [3.63, 3.8) is 0 Å². The molecule has 8 heteroatoms. The molecule has 338 valence electrons. The summed E-state index contributed by atoms with van der Waals surface area (Å²) in [7, 11) is 0. The SMILES string of the molecule is CC(C)c1cc(C(C)C)c(B2c3ccccc3Sc3cc4c(cc32)B2c3ccccc3N3c5ccccc5B5c6cccc7c6N(c6ccccc6O7)c6cc(c2c3c65)N4c2ccccc2)c(C(C)C)c1. The highest BCUT2D eigenvalue weighted by atomic mass is 32.2. The van der Waals surface area contributed by atoms with Gasteiger partial charge in [-0.2, -0.15) is 0 Å². The van der Waals surface area contributed by atoms with Gasteiger partial charge in [-0.05, 0) is 128 Å². The molecule has 6 aliphatic heterocycles. The van der Waals surface area contributed by atoms with Crippen molar-refractivity contribution >= 4 is 132 Å². The van der Waals surface area contributed by atoms with E-state index in [1.54, 1.807) is 0 Å². The minimum atomic E-state index is -0.0334. The third-order valence-corrected chi connectivity index (χ3v) is 17.6. The minimum absolute atomic E-state index is 0.00571. The fraction of sp³-hybridized carbons (Fsp3) is 0.143. The summed E-state index contributed by atoms with van der Waals surface area (Å²) in [5.41, 5.74) is 27.5. The molecule has 0 saturated carbocycles. The molecule has 0 aliphatic carbocycles. The van der Waals surface area contributed by atoms with Crippen LogP contribution in [-0.2, 0) is 0 Å². The summed E-state index contributed by atoms with van der Waals surface area (Å²) < 4.78 is 6.82. The van der Waals surface area contributed by atoms with E-state index in [1.165, 1.54) is 110 Å². The van der Waals surface area contributed by atoms with Crippen molar-refractivity contribution in [3.05, 3.63) is 193 Å². The first-order valence-electron chi connectivity index (χ1n) is 25.6. The second kappa shape index (κ2) is 15.1. The molecule has 9 aromatic carbocycles. The average Bonchev–Trinajstić information content (AvgIpc) is 3.40. The van der Waals surface area contributed by atoms with Crippen molar-refractivity contribution in [2.75, 3.05) is 14.7 Å². The summed E-state index contributed by atoms with van der Waals surface area (Å²) in [6.45, 7) is 14.3. The number of anilines is 9. The van der Waals surface area contributed by atoms with E-state index in [0.717, 1.165) is 28.6 Å². The lowest BCUT2D eigenvalue weighted by Crippen LogP contribution is -2.69. The summed E-state index contributed by atoms with van der Waals surface area (Å²) in [6, 6.07) is 67.1. The lowest BCUT2D eigenvalue weighted by Gasteiger charge is -2.51. The highest BCUT2D eigenvalue weighted by Crippen LogP contribution is 2.55. The molecule has 0 radical (unpaired) electrons. The van der Waals surface area contributed by atoms with E-state index in [2.05, 4.69) is 232 Å². The van der Waals surface area contributed by atoms with Crippen LogP contribution in [0, 0.1) is 0 Å². The average molecular weight is 930 g/mol. The van der Waals surface area contributed by atoms with E-state index in [4.69, 9.17) is 4.74 Å². The van der Waals surface area contributed by atoms with Crippen molar-refractivity contribution in [2.24, 2.45) is 0 Å². The van der Waals surface area contributed by atoms with Gasteiger partial charge in [0.1, 0.15) is 0 Å². The van der Waals surface area contributed by atoms with Crippen LogP contribution < -0.4 is 68.6 Å². The van der Waals surface area contributed by atoms with Crippen LogP contribution in [0.5, 0.6) is 11.5 Å². The van der Waals surface area contributed by atoms with E-state index >= 15 is 0 Å². The first kappa shape index (κ1) is 41.5. The molecule has 9 aromatic rings. The molecule has 6 aliphatic rings. The Morgan fingerprint density at radius 3 is 1.61 bits per heavy atom. The zero-order chi connectivity index (χ0) is 47.6. The quantitative estimate of drug-likeness (QED) is 0.160. The fourth-order valence-corrected chi connectivity index (χ4v) is 14.6. The molecule has 0 atom stereocenters. The Morgan fingerprint density at radius 2 is 0.915 bits per heavy atom. The maximum absolute atomic E-state index is 6.82. The molecule has 0 spiro atoms. The van der Waals surface area contributed by atoms with Crippen LogP contribution in [0.1, 0.15) is 76.0 Å². The van der Waals surface area contributed by atoms with Gasteiger partial charge in [0.15, 0.2) is 11.5 Å². The monoisotopic (exact) mass is 929 g/mol. The smallest absolute Gasteiger partial charge is 0.252 e. The highest BCUT2D eigenvalue weighted by molar-refractivity contribution is 8.00. The predicted molar refractivity (Wildman–Crippen MR) is 304 cm³/mol. The topological polar surface area (TPSA) is 19.0 Å². The fourth-order valence-electron chi connectivity index (χ4n) is 13.4. The van der Waals surface area contributed by atoms with Crippen molar-refractivity contribution in [1.82, 2.24) is 0 Å². The Labute approximate surface area is 422 Å². The standard InChI is InChI=1S/C63H50B3N3OS/c1-36(2)39-31-41(37(3)4)59(42(32-39)38(5)6)66-45-23-12-17-30-57(45)71-58-35-52-47(33-48(58)66)65-44-22-11-14-26-50(44)68-49-25-13-10-21-43(49)64-46-24-18-29-56-62(46)69(51-27-15-16-28-55(51)70-56)54-34-53(60(65)63(68)61(54)64)67(52)40-19-8-7-9-20-40/h7-38H,1-6H3. The molecule has 15 rings (SSSR count). The largest absolute Gasteiger partial charge is 0.453 e. The van der Waals surface area contributed by atoms with Gasteiger partial charge in [0.05, 0.1) is 11.4 Å². The Bertz CT molecular complexity index is 3750. The maximum Gasteiger partial charge on any atom is 0.252 e. The van der Waals surface area contributed by atoms with Crippen LogP contribution in [0.25, 0.3) is 0 Å². The van der Waals surface area contributed by atoms with Crippen molar-refractivity contribution in [2.45, 2.75) is 69.1 Å². The summed E-state index contributed by atoms with van der Waals surface area (Å²) in [5, 5.41) is 0. The zero-order valence-electron chi connectivity index (χ0n) is 40.9. The summed E-state index contributed by atoms with van der Waals surface area (Å²) in [4.78, 5) is 10.4. The molecular weight excluding hydrogens is 879 g/mol. The molecule has 0 bridgehead atoms. The number of para-hydroxylation sites is 6. The van der Waals surface area contributed by atoms with Crippen molar-refractivity contribution in [1.29, 1.82) is 0 Å². The number of rotatable bonds is 5. The molecule has 71 heavy (non-hydrogen) atoms. The van der Waals surface area contributed by atoms with Crippen LogP contribution in [-0.4, -0.2) is 20.1 Å². The van der Waals surface area contributed by atoms with Gasteiger partial charge < -0.3 is 19.4 Å². The number of hydrogen-bond acceptors (Lipinski definition) is 5. The van der Waals surface area contributed by atoms with Crippen molar-refractivity contribution < 1.29 is 4.74 Å². The van der Waals surface area contributed by atoms with E-state index in [-0.39, 0.29) is 20.1 Å². The summed E-state index contributed by atoms with van der Waals surface area (Å²) >= 11 is 1.95. The number of benzene rings is 9. The Kier molecular flexibility index (Phi) is 8.84. The van der Waals surface area contributed by atoms with Gasteiger partial charge in [-0.15, -0.1) is 0 Å². The van der Waals surface area contributed by atoms with E-state index in [1.807, 2.05) is 11.8 Å². The molecule has 6 heterocycles. The number of nitrogens with zero attached hydrogens (tertiary/aromatic N) is 3. The van der Waals surface area contributed by atoms with Gasteiger partial charge in [0.25, 0.3) is 13.4 Å². The zero-order valence-corrected chi connectivity index (χ0v) is 41.7.